The standard InChI is InChI=1S/C23H26ClN3O9S/c1-9-13(34-22-17(30)16(29)19(32-5)23(3,4)36-22)7-6-11-15(28)14(21(31)35-18(9)11)10(2)26-33-8-12-20(24)37-27-25-12/h6-7,16-17,19,22,28-30H,8H2,1-5H3/b26-10-/t16-,17+,19+,22+/m0/s1. The van der Waals surface area contributed by atoms with Gasteiger partial charge >= 0.3 is 5.63 Å². The van der Waals surface area contributed by atoms with Crippen LogP contribution in [0.15, 0.2) is 26.5 Å². The topological polar surface area (TPSA) is 166 Å². The number of aryl methyl sites for hydroxylation is 1. The Hall–Kier alpha value is -2.81. The van der Waals surface area contributed by atoms with Gasteiger partial charge in [0.2, 0.25) is 6.29 Å². The average molecular weight is 556 g/mol. The molecule has 1 aliphatic heterocycles. The van der Waals surface area contributed by atoms with Crippen molar-refractivity contribution in [3.63, 3.8) is 0 Å². The van der Waals surface area contributed by atoms with Gasteiger partial charge < -0.3 is 38.8 Å². The highest BCUT2D eigenvalue weighted by atomic mass is 35.5. The number of methoxy groups -OCH3 is 1. The van der Waals surface area contributed by atoms with Crippen LogP contribution in [0.3, 0.4) is 0 Å². The molecule has 3 aromatic rings. The molecule has 0 bridgehead atoms. The van der Waals surface area contributed by atoms with Crippen molar-refractivity contribution in [1.82, 2.24) is 9.59 Å². The summed E-state index contributed by atoms with van der Waals surface area (Å²) in [6.07, 6.45) is -4.70. The SMILES string of the molecule is CO[C@@H]1[C@@H](O)[C@@H](O)[C@H](Oc2ccc3c(O)c(/C(C)=N\OCc4nnsc4Cl)c(=O)oc3c2C)OC1(C)C. The van der Waals surface area contributed by atoms with E-state index in [0.717, 1.165) is 11.5 Å². The van der Waals surface area contributed by atoms with Crippen molar-refractivity contribution in [3.05, 3.63) is 43.7 Å². The van der Waals surface area contributed by atoms with Gasteiger partial charge in [-0.2, -0.15) is 0 Å². The number of rotatable bonds is 7. The number of aliphatic hydroxyl groups excluding tert-OH is 2. The van der Waals surface area contributed by atoms with Gasteiger partial charge in [-0.3, -0.25) is 0 Å². The summed E-state index contributed by atoms with van der Waals surface area (Å²) in [5.74, 6) is -0.138. The van der Waals surface area contributed by atoms with E-state index in [2.05, 4.69) is 14.7 Å². The highest BCUT2D eigenvalue weighted by Gasteiger charge is 2.50. The maximum absolute atomic E-state index is 12.8. The van der Waals surface area contributed by atoms with Gasteiger partial charge in [0.1, 0.15) is 51.0 Å². The Kier molecular flexibility index (Phi) is 7.74. The predicted octanol–water partition coefficient (Wildman–Crippen LogP) is 2.50. The lowest BCUT2D eigenvalue weighted by Crippen LogP contribution is -2.63. The first-order chi connectivity index (χ1) is 17.5. The van der Waals surface area contributed by atoms with Gasteiger partial charge in [-0.15, -0.1) is 5.10 Å². The summed E-state index contributed by atoms with van der Waals surface area (Å²) in [7, 11) is 1.41. The van der Waals surface area contributed by atoms with E-state index in [4.69, 9.17) is 35.1 Å². The van der Waals surface area contributed by atoms with Gasteiger partial charge in [-0.05, 0) is 39.8 Å². The van der Waals surface area contributed by atoms with Crippen molar-refractivity contribution >= 4 is 39.8 Å². The van der Waals surface area contributed by atoms with Gasteiger partial charge in [0.25, 0.3) is 0 Å². The maximum atomic E-state index is 12.8. The smallest absolute Gasteiger partial charge is 0.349 e. The number of nitrogens with zero attached hydrogens (tertiary/aromatic N) is 3. The van der Waals surface area contributed by atoms with Crippen LogP contribution in [0.4, 0.5) is 0 Å². The number of fused-ring (bicyclic) bond motifs is 1. The average Bonchev–Trinajstić information content (AvgIpc) is 3.24. The minimum atomic E-state index is -1.41. The van der Waals surface area contributed by atoms with Crippen LogP contribution in [0.1, 0.15) is 37.6 Å². The second-order valence-corrected chi connectivity index (χ2v) is 10.3. The molecular formula is C23H26ClN3O9S. The zero-order chi connectivity index (χ0) is 27.1. The van der Waals surface area contributed by atoms with E-state index < -0.39 is 35.8 Å². The van der Waals surface area contributed by atoms with Crippen molar-refractivity contribution in [3.8, 4) is 11.5 Å². The third-order valence-corrected chi connectivity index (χ3v) is 7.05. The van der Waals surface area contributed by atoms with E-state index >= 15 is 0 Å². The molecule has 4 rings (SSSR count). The van der Waals surface area contributed by atoms with Crippen LogP contribution in [0, 0.1) is 6.92 Å². The van der Waals surface area contributed by atoms with Gasteiger partial charge in [0.15, 0.2) is 6.61 Å². The van der Waals surface area contributed by atoms with Gasteiger partial charge in [-0.25, -0.2) is 4.79 Å². The largest absolute Gasteiger partial charge is 0.506 e. The number of hydrogen-bond acceptors (Lipinski definition) is 13. The summed E-state index contributed by atoms with van der Waals surface area (Å²) in [5.41, 5.74) is -1.10. The van der Waals surface area contributed by atoms with E-state index in [1.54, 1.807) is 20.8 Å². The molecule has 37 heavy (non-hydrogen) atoms. The number of halogens is 1. The third kappa shape index (κ3) is 5.15. The Labute approximate surface area is 220 Å². The van der Waals surface area contributed by atoms with Crippen molar-refractivity contribution < 1.29 is 38.8 Å². The molecule has 12 nitrogen and oxygen atoms in total. The van der Waals surface area contributed by atoms with E-state index in [9.17, 15) is 20.1 Å². The molecule has 0 unspecified atom stereocenters. The van der Waals surface area contributed by atoms with Crippen molar-refractivity contribution in [1.29, 1.82) is 0 Å². The van der Waals surface area contributed by atoms with Gasteiger partial charge in [0, 0.05) is 24.2 Å². The van der Waals surface area contributed by atoms with Crippen LogP contribution in [-0.2, 0) is 20.9 Å². The molecule has 0 saturated carbocycles. The lowest BCUT2D eigenvalue weighted by molar-refractivity contribution is -0.306. The van der Waals surface area contributed by atoms with Crippen LogP contribution >= 0.6 is 23.1 Å². The summed E-state index contributed by atoms with van der Waals surface area (Å²) < 4.78 is 26.5. The van der Waals surface area contributed by atoms with Crippen LogP contribution in [0.2, 0.25) is 4.34 Å². The maximum Gasteiger partial charge on any atom is 0.349 e. The molecule has 2 aromatic heterocycles. The van der Waals surface area contributed by atoms with E-state index in [-0.39, 0.29) is 40.4 Å². The van der Waals surface area contributed by atoms with Crippen molar-refractivity contribution in [2.75, 3.05) is 7.11 Å². The summed E-state index contributed by atoms with van der Waals surface area (Å²) in [6.45, 7) is 6.43. The number of hydrogen-bond donors (Lipinski definition) is 3. The fourth-order valence-electron chi connectivity index (χ4n) is 4.16. The second-order valence-electron chi connectivity index (χ2n) is 8.97. The molecule has 200 valence electrons. The molecular weight excluding hydrogens is 530 g/mol. The van der Waals surface area contributed by atoms with Crippen LogP contribution < -0.4 is 10.4 Å². The number of benzene rings is 1. The fraction of sp³-hybridized carbons (Fsp3) is 0.478. The highest BCUT2D eigenvalue weighted by molar-refractivity contribution is 7.10. The van der Waals surface area contributed by atoms with E-state index in [1.807, 2.05) is 0 Å². The Bertz CT molecular complexity index is 1390. The fourth-order valence-corrected chi connectivity index (χ4v) is 4.76. The minimum absolute atomic E-state index is 0.0673. The number of aliphatic hydroxyl groups is 2. The molecule has 0 radical (unpaired) electrons. The second kappa shape index (κ2) is 10.5. The molecule has 0 spiro atoms. The van der Waals surface area contributed by atoms with Crippen molar-refractivity contribution in [2.45, 2.75) is 64.5 Å². The van der Waals surface area contributed by atoms with E-state index in [0.29, 0.717) is 15.6 Å². The lowest BCUT2D eigenvalue weighted by Gasteiger charge is -2.46. The van der Waals surface area contributed by atoms with Gasteiger partial charge in [0.05, 0.1) is 16.7 Å². The molecule has 3 N–H and O–H groups in total. The lowest BCUT2D eigenvalue weighted by atomic mass is 9.89. The van der Waals surface area contributed by atoms with Crippen LogP contribution in [-0.4, -0.2) is 67.9 Å². The molecule has 4 atom stereocenters. The van der Waals surface area contributed by atoms with Crippen molar-refractivity contribution in [2.24, 2.45) is 5.16 Å². The summed E-state index contributed by atoms with van der Waals surface area (Å²) in [5, 5.41) is 39.8. The normalized spacial score (nSPS) is 23.8. The van der Waals surface area contributed by atoms with Crippen LogP contribution in [0.5, 0.6) is 11.5 Å². The molecule has 1 fully saturated rings. The number of aromatic nitrogens is 2. The molecule has 0 aliphatic carbocycles. The minimum Gasteiger partial charge on any atom is -0.506 e. The zero-order valence-corrected chi connectivity index (χ0v) is 22.2. The Morgan fingerprint density at radius 1 is 1.30 bits per heavy atom. The van der Waals surface area contributed by atoms with E-state index in [1.165, 1.54) is 26.2 Å². The quantitative estimate of drug-likeness (QED) is 0.223. The summed E-state index contributed by atoms with van der Waals surface area (Å²) in [6, 6.07) is 3.02. The molecule has 0 amide bonds. The number of ether oxygens (including phenoxy) is 3. The monoisotopic (exact) mass is 555 g/mol. The molecule has 1 saturated heterocycles. The number of aromatic hydroxyl groups is 1. The Morgan fingerprint density at radius 2 is 2.03 bits per heavy atom. The first-order valence-corrected chi connectivity index (χ1v) is 12.3. The first-order valence-electron chi connectivity index (χ1n) is 11.1. The molecule has 1 aromatic carbocycles. The molecule has 1 aliphatic rings. The Balaban J connectivity index is 1.61. The molecule has 14 heteroatoms. The zero-order valence-electron chi connectivity index (χ0n) is 20.6. The van der Waals surface area contributed by atoms with Crippen LogP contribution in [0.25, 0.3) is 11.0 Å². The Morgan fingerprint density at radius 3 is 2.68 bits per heavy atom. The molecule has 3 heterocycles. The summed E-state index contributed by atoms with van der Waals surface area (Å²) in [4.78, 5) is 18.0. The highest BCUT2D eigenvalue weighted by Crippen LogP contribution is 2.37. The predicted molar refractivity (Wildman–Crippen MR) is 133 cm³/mol. The van der Waals surface area contributed by atoms with Gasteiger partial charge in [-0.1, -0.05) is 21.2 Å². The summed E-state index contributed by atoms with van der Waals surface area (Å²) >= 11 is 6.93. The number of oxime groups is 1. The third-order valence-electron chi connectivity index (χ3n) is 6.06. The first kappa shape index (κ1) is 27.2.